The van der Waals surface area contributed by atoms with E-state index in [0.717, 1.165) is 24.4 Å². The van der Waals surface area contributed by atoms with Crippen LogP contribution in [0.4, 0.5) is 18.9 Å². The minimum Gasteiger partial charge on any atom is -0.383 e. The van der Waals surface area contributed by atoms with E-state index >= 15 is 0 Å². The third-order valence-corrected chi connectivity index (χ3v) is 5.92. The van der Waals surface area contributed by atoms with Crippen LogP contribution in [0.25, 0.3) is 0 Å². The largest absolute Gasteiger partial charge is 0.416 e. The molecule has 1 aliphatic carbocycles. The van der Waals surface area contributed by atoms with Crippen LogP contribution in [0.15, 0.2) is 22.7 Å². The van der Waals surface area contributed by atoms with Crippen LogP contribution in [0, 0.1) is 0 Å². The van der Waals surface area contributed by atoms with Gasteiger partial charge in [0.2, 0.25) is 0 Å². The Morgan fingerprint density at radius 1 is 1.30 bits per heavy atom. The minimum absolute atomic E-state index is 0.224. The van der Waals surface area contributed by atoms with Gasteiger partial charge in [0.25, 0.3) is 0 Å². The third-order valence-electron chi connectivity index (χ3n) is 3.85. The molecule has 6 heteroatoms. The van der Waals surface area contributed by atoms with E-state index in [0.29, 0.717) is 4.47 Å². The highest BCUT2D eigenvalue weighted by Crippen LogP contribution is 2.41. The van der Waals surface area contributed by atoms with Gasteiger partial charge in [0.1, 0.15) is 0 Å². The Hall–Kier alpha value is -0.360. The van der Waals surface area contributed by atoms with Gasteiger partial charge >= 0.3 is 6.18 Å². The minimum atomic E-state index is -4.30. The number of thioether (sulfide) groups is 1. The van der Waals surface area contributed by atoms with Gasteiger partial charge in [0.15, 0.2) is 0 Å². The second-order valence-corrected chi connectivity index (χ2v) is 7.27. The summed E-state index contributed by atoms with van der Waals surface area (Å²) in [5.74, 6) is 0. The number of benzene rings is 1. The van der Waals surface area contributed by atoms with E-state index in [1.54, 1.807) is 0 Å². The van der Waals surface area contributed by atoms with Crippen molar-refractivity contribution in [3.05, 3.63) is 28.2 Å². The lowest BCUT2D eigenvalue weighted by atomic mass is 10.1. The summed E-state index contributed by atoms with van der Waals surface area (Å²) in [5, 5.41) is 3.29. The molecule has 0 amide bonds. The molecule has 1 saturated carbocycles. The molecule has 1 aliphatic rings. The molecule has 0 spiro atoms. The van der Waals surface area contributed by atoms with E-state index in [1.807, 2.05) is 11.8 Å². The lowest BCUT2D eigenvalue weighted by Gasteiger charge is -2.27. The van der Waals surface area contributed by atoms with Crippen molar-refractivity contribution in [3.8, 4) is 0 Å². The quantitative estimate of drug-likeness (QED) is 0.747. The van der Waals surface area contributed by atoms with Crippen molar-refractivity contribution in [2.24, 2.45) is 0 Å². The Kier molecular flexibility index (Phi) is 4.95. The molecular formula is C14H17BrF3NS. The Balaban J connectivity index is 2.07. The molecule has 0 saturated heterocycles. The molecule has 0 atom stereocenters. The molecule has 0 radical (unpaired) electrons. The number of nitrogens with one attached hydrogen (secondary N) is 1. The molecule has 20 heavy (non-hydrogen) atoms. The second-order valence-electron chi connectivity index (χ2n) is 5.14. The third kappa shape index (κ3) is 3.64. The molecule has 1 aromatic rings. The maximum atomic E-state index is 12.6. The molecule has 0 heterocycles. The molecule has 112 valence electrons. The summed E-state index contributed by atoms with van der Waals surface area (Å²) in [6.07, 6.45) is 2.61. The maximum absolute atomic E-state index is 12.6. The SMILES string of the molecule is CSC1(CNc2ccc(C(F)(F)F)cc2Br)CCCC1. The summed E-state index contributed by atoms with van der Waals surface area (Å²) < 4.78 is 38.5. The van der Waals surface area contributed by atoms with Gasteiger partial charge in [0, 0.05) is 21.5 Å². The van der Waals surface area contributed by atoms with Gasteiger partial charge in [-0.05, 0) is 53.2 Å². The van der Waals surface area contributed by atoms with Crippen molar-refractivity contribution in [1.29, 1.82) is 0 Å². The van der Waals surface area contributed by atoms with E-state index < -0.39 is 11.7 Å². The van der Waals surface area contributed by atoms with E-state index in [9.17, 15) is 13.2 Å². The molecule has 1 nitrogen and oxygen atoms in total. The van der Waals surface area contributed by atoms with Gasteiger partial charge < -0.3 is 5.32 Å². The fourth-order valence-corrected chi connectivity index (χ4v) is 4.00. The topological polar surface area (TPSA) is 12.0 Å². The van der Waals surface area contributed by atoms with Crippen LogP contribution in [0.3, 0.4) is 0 Å². The molecule has 0 aliphatic heterocycles. The second kappa shape index (κ2) is 6.18. The molecule has 0 aromatic heterocycles. The Bertz CT molecular complexity index is 470. The van der Waals surface area contributed by atoms with Crippen molar-refractivity contribution in [2.75, 3.05) is 18.1 Å². The summed E-state index contributed by atoms with van der Waals surface area (Å²) in [6, 6.07) is 3.74. The highest BCUT2D eigenvalue weighted by atomic mass is 79.9. The predicted molar refractivity (Wildman–Crippen MR) is 82.3 cm³/mol. The molecule has 0 bridgehead atoms. The summed E-state index contributed by atoms with van der Waals surface area (Å²) in [5.41, 5.74) is 0.0914. The number of rotatable bonds is 4. The number of halogens is 4. The van der Waals surface area contributed by atoms with Crippen molar-refractivity contribution in [3.63, 3.8) is 0 Å². The van der Waals surface area contributed by atoms with E-state index in [4.69, 9.17) is 0 Å². The normalized spacial score (nSPS) is 18.2. The Morgan fingerprint density at radius 3 is 2.45 bits per heavy atom. The van der Waals surface area contributed by atoms with Crippen LogP contribution >= 0.6 is 27.7 Å². The first kappa shape index (κ1) is 16.0. The van der Waals surface area contributed by atoms with E-state index in [1.165, 1.54) is 31.7 Å². The fourth-order valence-electron chi connectivity index (χ4n) is 2.56. The first-order chi connectivity index (χ1) is 9.36. The average Bonchev–Trinajstić information content (AvgIpc) is 2.85. The number of anilines is 1. The van der Waals surface area contributed by atoms with Crippen LogP contribution in [-0.4, -0.2) is 17.5 Å². The molecule has 2 rings (SSSR count). The highest BCUT2D eigenvalue weighted by molar-refractivity contribution is 9.10. The van der Waals surface area contributed by atoms with Gasteiger partial charge in [-0.25, -0.2) is 0 Å². The number of hydrogen-bond acceptors (Lipinski definition) is 2. The maximum Gasteiger partial charge on any atom is 0.416 e. The number of alkyl halides is 3. The predicted octanol–water partition coefficient (Wildman–Crippen LogP) is 5.56. The summed E-state index contributed by atoms with van der Waals surface area (Å²) in [7, 11) is 0. The molecule has 0 unspecified atom stereocenters. The van der Waals surface area contributed by atoms with E-state index in [-0.39, 0.29) is 4.75 Å². The number of hydrogen-bond donors (Lipinski definition) is 1. The van der Waals surface area contributed by atoms with Gasteiger partial charge in [-0.1, -0.05) is 12.8 Å². The van der Waals surface area contributed by atoms with Crippen molar-refractivity contribution in [1.82, 2.24) is 0 Å². The Labute approximate surface area is 129 Å². The van der Waals surface area contributed by atoms with Crippen LogP contribution in [-0.2, 0) is 6.18 Å². The zero-order chi connectivity index (χ0) is 14.8. The highest BCUT2D eigenvalue weighted by Gasteiger charge is 2.33. The molecule has 1 N–H and O–H groups in total. The summed E-state index contributed by atoms with van der Waals surface area (Å²) in [6.45, 7) is 0.790. The lowest BCUT2D eigenvalue weighted by molar-refractivity contribution is -0.137. The molecule has 1 fully saturated rings. The smallest absolute Gasteiger partial charge is 0.383 e. The van der Waals surface area contributed by atoms with Crippen LogP contribution in [0.1, 0.15) is 31.2 Å². The van der Waals surface area contributed by atoms with Crippen molar-refractivity contribution >= 4 is 33.4 Å². The van der Waals surface area contributed by atoms with Gasteiger partial charge in [0.05, 0.1) is 5.56 Å². The monoisotopic (exact) mass is 367 g/mol. The fraction of sp³-hybridized carbons (Fsp3) is 0.571. The zero-order valence-electron chi connectivity index (χ0n) is 11.2. The first-order valence-electron chi connectivity index (χ1n) is 6.52. The standard InChI is InChI=1S/C14H17BrF3NS/c1-20-13(6-2-3-7-13)9-19-12-5-4-10(8-11(12)15)14(16,17)18/h4-5,8,19H,2-3,6-7,9H2,1H3. The summed E-state index contributed by atoms with van der Waals surface area (Å²) in [4.78, 5) is 0. The molecule has 1 aromatic carbocycles. The van der Waals surface area contributed by atoms with Gasteiger partial charge in [-0.15, -0.1) is 0 Å². The van der Waals surface area contributed by atoms with Crippen LogP contribution in [0.2, 0.25) is 0 Å². The van der Waals surface area contributed by atoms with Crippen LogP contribution in [0.5, 0.6) is 0 Å². The first-order valence-corrected chi connectivity index (χ1v) is 8.54. The molecular weight excluding hydrogens is 351 g/mol. The van der Waals surface area contributed by atoms with Crippen molar-refractivity contribution < 1.29 is 13.2 Å². The van der Waals surface area contributed by atoms with Gasteiger partial charge in [-0.2, -0.15) is 24.9 Å². The zero-order valence-corrected chi connectivity index (χ0v) is 13.6. The summed E-state index contributed by atoms with van der Waals surface area (Å²) >= 11 is 5.07. The van der Waals surface area contributed by atoms with Crippen LogP contribution < -0.4 is 5.32 Å². The van der Waals surface area contributed by atoms with Gasteiger partial charge in [-0.3, -0.25) is 0 Å². The Morgan fingerprint density at radius 2 is 1.95 bits per heavy atom. The lowest BCUT2D eigenvalue weighted by Crippen LogP contribution is -2.30. The average molecular weight is 368 g/mol. The van der Waals surface area contributed by atoms with Crippen molar-refractivity contribution in [2.45, 2.75) is 36.6 Å². The van der Waals surface area contributed by atoms with E-state index in [2.05, 4.69) is 27.5 Å².